The maximum absolute atomic E-state index is 13.4. The topological polar surface area (TPSA) is 94.3 Å². The van der Waals surface area contributed by atoms with Crippen LogP contribution >= 0.6 is 11.6 Å². The van der Waals surface area contributed by atoms with Gasteiger partial charge in [0.25, 0.3) is 0 Å². The molecule has 0 atom stereocenters. The average Bonchev–Trinajstić information content (AvgIpc) is 3.39. The molecular formula is C30H28BClFN3NaO4S. The fourth-order valence-corrected chi connectivity index (χ4v) is 5.22. The van der Waals surface area contributed by atoms with Crippen LogP contribution in [0.3, 0.4) is 0 Å². The third-order valence-corrected chi connectivity index (χ3v) is 7.57. The summed E-state index contributed by atoms with van der Waals surface area (Å²) in [6, 6.07) is 21.2. The van der Waals surface area contributed by atoms with Gasteiger partial charge in [-0.25, -0.2) is 22.8 Å². The van der Waals surface area contributed by atoms with Crippen molar-refractivity contribution < 1.29 is 52.9 Å². The molecule has 1 N–H and O–H groups in total. The van der Waals surface area contributed by atoms with E-state index >= 15 is 0 Å². The minimum atomic E-state index is -2.96. The van der Waals surface area contributed by atoms with Crippen molar-refractivity contribution in [3.05, 3.63) is 101 Å². The van der Waals surface area contributed by atoms with Crippen LogP contribution in [0.2, 0.25) is 5.02 Å². The third kappa shape index (κ3) is 9.06. The molecule has 5 aromatic rings. The van der Waals surface area contributed by atoms with Crippen molar-refractivity contribution in [2.45, 2.75) is 25.9 Å². The molecule has 0 fully saturated rings. The molecule has 0 aliphatic heterocycles. The first kappa shape index (κ1) is 33.6. The number of halogens is 2. The summed E-state index contributed by atoms with van der Waals surface area (Å²) >= 11 is 6.47. The molecule has 3 radical (unpaired) electrons. The molecule has 0 unspecified atom stereocenters. The number of aromatic nitrogens is 2. The van der Waals surface area contributed by atoms with Crippen LogP contribution in [-0.2, 0) is 22.9 Å². The molecule has 0 saturated heterocycles. The van der Waals surface area contributed by atoms with E-state index in [2.05, 4.69) is 15.3 Å². The van der Waals surface area contributed by atoms with E-state index in [0.29, 0.717) is 46.4 Å². The molecule has 0 amide bonds. The Morgan fingerprint density at radius 2 is 1.86 bits per heavy atom. The number of sulfone groups is 1. The first-order valence-corrected chi connectivity index (χ1v) is 15.1. The van der Waals surface area contributed by atoms with Crippen LogP contribution in [0.4, 0.5) is 15.9 Å². The number of ether oxygens (including phenoxy) is 1. The van der Waals surface area contributed by atoms with Gasteiger partial charge in [0, 0.05) is 43.5 Å². The van der Waals surface area contributed by atoms with Gasteiger partial charge in [0.2, 0.25) is 0 Å². The van der Waals surface area contributed by atoms with E-state index in [4.69, 9.17) is 20.8 Å². The first-order chi connectivity index (χ1) is 19.2. The summed E-state index contributed by atoms with van der Waals surface area (Å²) in [6.45, 7) is 0.193. The second kappa shape index (κ2) is 15.0. The number of unbranched alkanes of at least 4 members (excludes halogenated alkanes) is 1. The quantitative estimate of drug-likeness (QED) is 0.177. The molecule has 0 aliphatic rings. The maximum atomic E-state index is 13.4. The number of furan rings is 1. The number of hydrogen-bond acceptors (Lipinski definition) is 7. The SMILES string of the molecule is CS(=O)(=O)CCCCc1ccc(-c2ccc3ncnc(Nc4ccc(OCc5cccc(F)c5)c(Cl)c4)c3c2)o1.[B].[H-].[Na+]. The number of rotatable bonds is 11. The Labute approximate surface area is 275 Å². The Morgan fingerprint density at radius 1 is 1.02 bits per heavy atom. The van der Waals surface area contributed by atoms with Gasteiger partial charge < -0.3 is 15.9 Å². The van der Waals surface area contributed by atoms with Crippen LogP contribution in [0, 0.1) is 5.82 Å². The summed E-state index contributed by atoms with van der Waals surface area (Å²) in [5, 5.41) is 4.51. The molecule has 0 bridgehead atoms. The molecule has 0 spiro atoms. The Bertz CT molecular complexity index is 1780. The zero-order valence-corrected chi connectivity index (χ0v) is 26.9. The Morgan fingerprint density at radius 3 is 2.62 bits per heavy atom. The minimum Gasteiger partial charge on any atom is -1.00 e. The molecule has 2 aromatic heterocycles. The number of fused-ring (bicyclic) bond motifs is 1. The van der Waals surface area contributed by atoms with Gasteiger partial charge in [0.05, 0.1) is 10.5 Å². The molecule has 5 rings (SSSR count). The summed E-state index contributed by atoms with van der Waals surface area (Å²) < 4.78 is 47.9. The smallest absolute Gasteiger partial charge is 1.00 e. The molecular weight excluding hydrogens is 587 g/mol. The van der Waals surface area contributed by atoms with E-state index in [1.165, 1.54) is 24.7 Å². The second-order valence-electron chi connectivity index (χ2n) is 9.50. The maximum Gasteiger partial charge on any atom is 1.00 e. The van der Waals surface area contributed by atoms with E-state index in [0.717, 1.165) is 28.6 Å². The van der Waals surface area contributed by atoms with Crippen LogP contribution < -0.4 is 39.6 Å². The summed E-state index contributed by atoms with van der Waals surface area (Å²) in [6.07, 6.45) is 4.74. The van der Waals surface area contributed by atoms with Crippen molar-refractivity contribution in [1.82, 2.24) is 9.97 Å². The molecule has 0 aliphatic carbocycles. The van der Waals surface area contributed by atoms with Crippen LogP contribution in [0.25, 0.3) is 22.2 Å². The number of nitrogens with zero attached hydrogens (tertiary/aromatic N) is 2. The van der Waals surface area contributed by atoms with Gasteiger partial charge in [-0.2, -0.15) is 0 Å². The Balaban J connectivity index is 0.00000215. The van der Waals surface area contributed by atoms with Crippen molar-refractivity contribution in [3.63, 3.8) is 0 Å². The molecule has 12 heteroatoms. The van der Waals surface area contributed by atoms with Crippen LogP contribution in [-0.4, -0.2) is 38.8 Å². The minimum absolute atomic E-state index is 0. The van der Waals surface area contributed by atoms with E-state index < -0.39 is 9.84 Å². The molecule has 3 aromatic carbocycles. The summed E-state index contributed by atoms with van der Waals surface area (Å²) in [5.41, 5.74) is 3.04. The number of benzene rings is 3. The predicted octanol–water partition coefficient (Wildman–Crippen LogP) is 4.11. The fourth-order valence-electron chi connectivity index (χ4n) is 4.26. The van der Waals surface area contributed by atoms with Crippen LogP contribution in [0.5, 0.6) is 5.75 Å². The number of hydrogen-bond donors (Lipinski definition) is 1. The standard InChI is InChI=1S/C30H27ClFN3O4S.B.Na.H/c1-40(36,37)14-3-2-7-24-10-13-28(39-24)21-8-11-27-25(16-21)30(34-19-33-27)35-23-9-12-29(26(31)17-23)38-18-20-5-4-6-22(32)15-20;;;/h4-6,8-13,15-17,19H,2-3,7,14,18H2,1H3,(H,33,34,35);;;/q;;+1;-1. The number of nitrogens with one attached hydrogen (secondary N) is 1. The normalized spacial score (nSPS) is 11.0. The molecule has 7 nitrogen and oxygen atoms in total. The third-order valence-electron chi connectivity index (χ3n) is 6.25. The van der Waals surface area contributed by atoms with E-state index in [-0.39, 0.29) is 57.6 Å². The van der Waals surface area contributed by atoms with E-state index in [1.807, 2.05) is 36.4 Å². The molecule has 211 valence electrons. The fraction of sp³-hybridized carbons (Fsp3) is 0.200. The summed E-state index contributed by atoms with van der Waals surface area (Å²) in [7, 11) is -2.96. The predicted molar refractivity (Wildman–Crippen MR) is 162 cm³/mol. The Hall–Kier alpha value is -2.89. The zero-order chi connectivity index (χ0) is 28.1. The van der Waals surface area contributed by atoms with Crippen molar-refractivity contribution in [2.24, 2.45) is 0 Å². The van der Waals surface area contributed by atoms with Crippen LogP contribution in [0.15, 0.2) is 83.5 Å². The van der Waals surface area contributed by atoms with Crippen molar-refractivity contribution >= 4 is 52.3 Å². The number of anilines is 2. The van der Waals surface area contributed by atoms with Gasteiger partial charge in [-0.3, -0.25) is 0 Å². The largest absolute Gasteiger partial charge is 1.00 e. The zero-order valence-electron chi connectivity index (χ0n) is 24.3. The van der Waals surface area contributed by atoms with E-state index in [1.54, 1.807) is 24.3 Å². The van der Waals surface area contributed by atoms with Crippen LogP contribution in [0.1, 0.15) is 25.6 Å². The second-order valence-corrected chi connectivity index (χ2v) is 12.2. The summed E-state index contributed by atoms with van der Waals surface area (Å²) in [5.74, 6) is 2.46. The van der Waals surface area contributed by atoms with Crippen molar-refractivity contribution in [1.29, 1.82) is 0 Å². The average molecular weight is 615 g/mol. The van der Waals surface area contributed by atoms with Gasteiger partial charge in [-0.05, 0) is 79.1 Å². The van der Waals surface area contributed by atoms with Gasteiger partial charge >= 0.3 is 29.6 Å². The number of aryl methyl sites for hydroxylation is 1. The van der Waals surface area contributed by atoms with Gasteiger partial charge in [-0.1, -0.05) is 23.7 Å². The summed E-state index contributed by atoms with van der Waals surface area (Å²) in [4.78, 5) is 8.82. The van der Waals surface area contributed by atoms with E-state index in [9.17, 15) is 12.8 Å². The van der Waals surface area contributed by atoms with Crippen molar-refractivity contribution in [2.75, 3.05) is 17.3 Å². The van der Waals surface area contributed by atoms with Gasteiger partial charge in [-0.15, -0.1) is 0 Å². The Kier molecular flexibility index (Phi) is 12.0. The molecule has 0 saturated carbocycles. The monoisotopic (exact) mass is 614 g/mol. The molecule has 42 heavy (non-hydrogen) atoms. The first-order valence-electron chi connectivity index (χ1n) is 12.7. The van der Waals surface area contributed by atoms with Gasteiger partial charge in [0.1, 0.15) is 51.7 Å². The molecule has 2 heterocycles. The van der Waals surface area contributed by atoms with Crippen molar-refractivity contribution in [3.8, 4) is 17.1 Å². The van der Waals surface area contributed by atoms with Gasteiger partial charge in [0.15, 0.2) is 0 Å².